The maximum Gasteiger partial charge on any atom is -1.00 e. The fraction of sp³-hybridized carbons (Fsp3) is 0.194. The molecule has 0 spiro atoms. The van der Waals surface area contributed by atoms with Crippen LogP contribution < -0.4 is 28.1 Å². The quantitative estimate of drug-likeness (QED) is 0.270. The average Bonchev–Trinajstić information content (AvgIpc) is 3.55. The molecule has 0 bridgehead atoms. The van der Waals surface area contributed by atoms with E-state index in [-0.39, 0.29) is 24.8 Å². The summed E-state index contributed by atoms with van der Waals surface area (Å²) in [6.07, 6.45) is 15.6. The standard InChI is InChI=1S/C27H21.C5H5.C4H6.2ClH.Zr/c1-3-7-20(8-4-1)15-22-11-13-24-19-25-14-12-23(18-27(25)26(24)17-22)16-21-9-5-2-6-10-21;1-2-4-5-3-1;1-2-4-3-1;;;/h1-13,17-18H,15-16,19H2;1-3H,4H2;1-3H2;2*1H;/q;;;;;+2/p-2. The maximum absolute atomic E-state index is 2.65. The molecule has 0 unspecified atom stereocenters. The number of fused-ring (bicyclic) bond motifs is 3. The smallest absolute Gasteiger partial charge is 1.00 e. The minimum Gasteiger partial charge on any atom is -1.00 e. The molecule has 1 saturated carbocycles. The van der Waals surface area contributed by atoms with E-state index in [0.717, 1.165) is 19.3 Å². The molecule has 0 nitrogen and oxygen atoms in total. The number of rotatable bonds is 6. The Labute approximate surface area is 252 Å². The van der Waals surface area contributed by atoms with Crippen LogP contribution in [0.25, 0.3) is 11.1 Å². The van der Waals surface area contributed by atoms with Gasteiger partial charge in [-0.1, -0.05) is 0 Å². The first-order valence-corrected chi connectivity index (χ1v) is 17.4. The third kappa shape index (κ3) is 5.78. The second-order valence-corrected chi connectivity index (χ2v) is 17.3. The zero-order valence-corrected chi connectivity index (χ0v) is 26.1. The van der Waals surface area contributed by atoms with Crippen molar-refractivity contribution in [2.75, 3.05) is 0 Å². The summed E-state index contributed by atoms with van der Waals surface area (Å²) >= 11 is -2.06. The zero-order chi connectivity index (χ0) is 24.6. The minimum absolute atomic E-state index is 0. The van der Waals surface area contributed by atoms with Crippen molar-refractivity contribution < 1.29 is 46.1 Å². The predicted molar refractivity (Wildman–Crippen MR) is 154 cm³/mol. The van der Waals surface area contributed by atoms with Gasteiger partial charge in [0.2, 0.25) is 0 Å². The van der Waals surface area contributed by atoms with Crippen LogP contribution in [0.15, 0.2) is 113 Å². The number of hydrogen-bond donors (Lipinski definition) is 0. The molecule has 0 aromatic heterocycles. The van der Waals surface area contributed by atoms with Gasteiger partial charge in [0, 0.05) is 0 Å². The fourth-order valence-electron chi connectivity index (χ4n) is 6.31. The largest absolute Gasteiger partial charge is 1.00 e. The molecule has 0 amide bonds. The summed E-state index contributed by atoms with van der Waals surface area (Å²) in [5, 5.41) is 0. The van der Waals surface area contributed by atoms with Crippen LogP contribution in [0, 0.1) is 0 Å². The molecular weight excluding hydrogens is 595 g/mol. The van der Waals surface area contributed by atoms with Gasteiger partial charge in [-0.2, -0.15) is 0 Å². The molecule has 194 valence electrons. The van der Waals surface area contributed by atoms with Gasteiger partial charge in [-0.15, -0.1) is 0 Å². The molecule has 4 aromatic rings. The first-order chi connectivity index (χ1) is 18.3. The Kier molecular flexibility index (Phi) is 9.03. The Hall–Kier alpha value is -2.31. The van der Waals surface area contributed by atoms with Gasteiger partial charge in [-0.3, -0.25) is 0 Å². The molecule has 0 heterocycles. The molecule has 39 heavy (non-hydrogen) atoms. The zero-order valence-electron chi connectivity index (χ0n) is 22.1. The van der Waals surface area contributed by atoms with Gasteiger partial charge in [0.25, 0.3) is 0 Å². The van der Waals surface area contributed by atoms with Gasteiger partial charge in [0.1, 0.15) is 0 Å². The van der Waals surface area contributed by atoms with Crippen molar-refractivity contribution in [1.29, 1.82) is 0 Å². The second kappa shape index (κ2) is 12.5. The molecule has 4 aromatic carbocycles. The van der Waals surface area contributed by atoms with Crippen LogP contribution in [0.3, 0.4) is 0 Å². The molecule has 0 atom stereocenters. The average molecular weight is 627 g/mol. The summed E-state index contributed by atoms with van der Waals surface area (Å²) < 4.78 is 5.50. The van der Waals surface area contributed by atoms with Gasteiger partial charge in [0.05, 0.1) is 0 Å². The Bertz CT molecular complexity index is 1570. The second-order valence-electron chi connectivity index (χ2n) is 10.8. The van der Waals surface area contributed by atoms with E-state index in [9.17, 15) is 0 Å². The molecule has 0 N–H and O–H groups in total. The molecule has 3 heteroatoms. The Morgan fingerprint density at radius 1 is 0.641 bits per heavy atom. The first kappa shape index (κ1) is 28.2. The summed E-state index contributed by atoms with van der Waals surface area (Å²) in [6, 6.07) is 34.4. The first-order valence-electron chi connectivity index (χ1n) is 13.8. The van der Waals surface area contributed by atoms with Crippen molar-refractivity contribution in [2.45, 2.75) is 44.9 Å². The number of allylic oxidation sites excluding steroid dienone is 4. The van der Waals surface area contributed by atoms with Crippen molar-refractivity contribution in [2.24, 2.45) is 0 Å². The van der Waals surface area contributed by atoms with E-state index < -0.39 is 21.3 Å². The van der Waals surface area contributed by atoms with Crippen LogP contribution in [-0.4, -0.2) is 3.21 Å². The summed E-state index contributed by atoms with van der Waals surface area (Å²) in [4.78, 5) is 0. The summed E-state index contributed by atoms with van der Waals surface area (Å²) in [6.45, 7) is 0. The van der Waals surface area contributed by atoms with Crippen LogP contribution in [0.4, 0.5) is 0 Å². The van der Waals surface area contributed by atoms with E-state index >= 15 is 0 Å². The Morgan fingerprint density at radius 3 is 1.92 bits per heavy atom. The van der Waals surface area contributed by atoms with Gasteiger partial charge < -0.3 is 24.8 Å². The summed E-state index contributed by atoms with van der Waals surface area (Å²) in [7, 11) is 0. The van der Waals surface area contributed by atoms with Crippen molar-refractivity contribution >= 4 is 6.48 Å². The maximum atomic E-state index is 2.65. The molecule has 7 rings (SSSR count). The van der Waals surface area contributed by atoms with Gasteiger partial charge in [0.15, 0.2) is 0 Å². The monoisotopic (exact) mass is 624 g/mol. The van der Waals surface area contributed by atoms with Gasteiger partial charge in [-0.05, 0) is 0 Å². The molecule has 0 aliphatic heterocycles. The third-order valence-corrected chi connectivity index (χ3v) is 16.2. The van der Waals surface area contributed by atoms with Crippen molar-refractivity contribution in [3.63, 3.8) is 0 Å². The fourth-order valence-corrected chi connectivity index (χ4v) is 14.8. The van der Waals surface area contributed by atoms with E-state index in [1.54, 1.807) is 12.1 Å². The van der Waals surface area contributed by atoms with E-state index in [2.05, 4.69) is 109 Å². The molecule has 3 aliphatic rings. The number of halogens is 2. The Morgan fingerprint density at radius 2 is 1.31 bits per heavy atom. The number of benzene rings is 4. The van der Waals surface area contributed by atoms with Crippen LogP contribution in [0.2, 0.25) is 0 Å². The predicted octanol–water partition coefficient (Wildman–Crippen LogP) is 1.89. The van der Waals surface area contributed by atoms with Crippen LogP contribution >= 0.6 is 0 Å². The SMILES string of the molecule is C1=CC[C]([Zr+2](=[C]2CCC2)[c]2cc(Cc3ccccc3)cc3c2Cc2ccc(Cc4ccccc4)cc2-3)=C1.[Cl-].[Cl-]. The molecule has 1 fully saturated rings. The minimum atomic E-state index is -2.06. The van der Waals surface area contributed by atoms with E-state index in [4.69, 9.17) is 0 Å². The van der Waals surface area contributed by atoms with Crippen LogP contribution in [-0.2, 0) is 40.5 Å². The van der Waals surface area contributed by atoms with Gasteiger partial charge >= 0.3 is 230 Å². The summed E-state index contributed by atoms with van der Waals surface area (Å²) in [5.41, 5.74) is 11.9. The third-order valence-electron chi connectivity index (χ3n) is 8.32. The van der Waals surface area contributed by atoms with E-state index in [1.807, 2.05) is 3.21 Å². The van der Waals surface area contributed by atoms with Crippen LogP contribution in [0.1, 0.15) is 59.1 Å². The summed E-state index contributed by atoms with van der Waals surface area (Å²) in [5.74, 6) is 0. The van der Waals surface area contributed by atoms with Gasteiger partial charge in [-0.25, -0.2) is 0 Å². The normalized spacial score (nSPS) is 14.2. The molecular formula is C36H32Cl2Zr. The van der Waals surface area contributed by atoms with Crippen molar-refractivity contribution in [1.82, 2.24) is 0 Å². The van der Waals surface area contributed by atoms with E-state index in [0.29, 0.717) is 0 Å². The van der Waals surface area contributed by atoms with Crippen molar-refractivity contribution in [3.05, 3.63) is 146 Å². The van der Waals surface area contributed by atoms with Crippen LogP contribution in [0.5, 0.6) is 0 Å². The Balaban J connectivity index is 0.00000154. The molecule has 0 saturated heterocycles. The molecule has 0 radical (unpaired) electrons. The van der Waals surface area contributed by atoms with E-state index in [1.165, 1.54) is 64.6 Å². The topological polar surface area (TPSA) is 0 Å². The molecule has 3 aliphatic carbocycles. The van der Waals surface area contributed by atoms with Crippen molar-refractivity contribution in [3.8, 4) is 11.1 Å². The number of hydrogen-bond acceptors (Lipinski definition) is 0.